The molecule has 1 N–H and O–H groups in total. The van der Waals surface area contributed by atoms with Gasteiger partial charge in [0.25, 0.3) is 11.5 Å². The second kappa shape index (κ2) is 7.13. The van der Waals surface area contributed by atoms with E-state index in [1.165, 1.54) is 10.4 Å². The van der Waals surface area contributed by atoms with Gasteiger partial charge in [-0.25, -0.2) is 0 Å². The number of nitrogens with zero attached hydrogens (tertiary/aromatic N) is 1. The van der Waals surface area contributed by atoms with Crippen LogP contribution in [-0.2, 0) is 26.3 Å². The van der Waals surface area contributed by atoms with Gasteiger partial charge >= 0.3 is 0 Å². The Labute approximate surface area is 167 Å². The first-order valence-electron chi connectivity index (χ1n) is 10.0. The molecule has 148 valence electrons. The molecule has 0 bridgehead atoms. The number of ether oxygens (including phenoxy) is 2. The molecular formula is C21H24N2O4S. The number of likely N-dealkylation sites (tertiary alicyclic amines) is 1. The average Bonchev–Trinajstić information content (AvgIpc) is 3.39. The first kappa shape index (κ1) is 18.1. The lowest BCUT2D eigenvalue weighted by molar-refractivity contribution is -0.149. The molecule has 1 atom stereocenters. The van der Waals surface area contributed by atoms with Gasteiger partial charge in [-0.3, -0.25) is 9.59 Å². The molecule has 2 aromatic heterocycles. The molecule has 1 unspecified atom stereocenters. The van der Waals surface area contributed by atoms with Crippen LogP contribution in [0.25, 0.3) is 10.4 Å². The molecule has 0 radical (unpaired) electrons. The quantitative estimate of drug-likeness (QED) is 0.841. The highest BCUT2D eigenvalue weighted by atomic mass is 32.1. The predicted octanol–water partition coefficient (Wildman–Crippen LogP) is 2.67. The van der Waals surface area contributed by atoms with Crippen LogP contribution in [0.15, 0.2) is 29.2 Å². The normalized spacial score (nSPS) is 23.7. The molecule has 2 saturated heterocycles. The van der Waals surface area contributed by atoms with E-state index in [2.05, 4.69) is 11.1 Å². The van der Waals surface area contributed by atoms with Crippen LogP contribution in [0.4, 0.5) is 0 Å². The van der Waals surface area contributed by atoms with Crippen molar-refractivity contribution in [1.82, 2.24) is 9.88 Å². The second-order valence-electron chi connectivity index (χ2n) is 7.80. The van der Waals surface area contributed by atoms with Crippen molar-refractivity contribution in [1.29, 1.82) is 0 Å². The minimum absolute atomic E-state index is 0.0620. The van der Waals surface area contributed by atoms with E-state index in [1.807, 2.05) is 17.0 Å². The monoisotopic (exact) mass is 400 g/mol. The number of amides is 1. The molecule has 5 heterocycles. The molecule has 0 saturated carbocycles. The van der Waals surface area contributed by atoms with Gasteiger partial charge in [-0.2, -0.15) is 0 Å². The third-order valence-electron chi connectivity index (χ3n) is 6.14. The van der Waals surface area contributed by atoms with Crippen LogP contribution in [0, 0.1) is 0 Å². The summed E-state index contributed by atoms with van der Waals surface area (Å²) in [4.78, 5) is 31.8. The zero-order chi connectivity index (χ0) is 19.1. The maximum atomic E-state index is 12.7. The third-order valence-corrected chi connectivity index (χ3v) is 7.54. The van der Waals surface area contributed by atoms with E-state index in [9.17, 15) is 9.59 Å². The lowest BCUT2D eigenvalue weighted by Gasteiger charge is -2.44. The molecule has 5 rings (SSSR count). The summed E-state index contributed by atoms with van der Waals surface area (Å²) in [7, 11) is 0. The van der Waals surface area contributed by atoms with Crippen LogP contribution in [0.1, 0.15) is 36.1 Å². The summed E-state index contributed by atoms with van der Waals surface area (Å²) in [5.41, 5.74) is 1.61. The van der Waals surface area contributed by atoms with Crippen LogP contribution in [-0.4, -0.2) is 48.2 Å². The smallest absolute Gasteiger partial charge is 0.256 e. The van der Waals surface area contributed by atoms with Gasteiger partial charge in [0.2, 0.25) is 0 Å². The Morgan fingerprint density at radius 3 is 2.89 bits per heavy atom. The number of nitrogens with one attached hydrogen (secondary N) is 1. The van der Waals surface area contributed by atoms with E-state index in [0.717, 1.165) is 37.0 Å². The molecule has 6 nitrogen and oxygen atoms in total. The van der Waals surface area contributed by atoms with Crippen molar-refractivity contribution in [2.75, 3.05) is 26.3 Å². The van der Waals surface area contributed by atoms with Crippen molar-refractivity contribution in [2.45, 2.75) is 43.8 Å². The Morgan fingerprint density at radius 1 is 1.29 bits per heavy atom. The third kappa shape index (κ3) is 3.02. The van der Waals surface area contributed by atoms with Gasteiger partial charge in [0.15, 0.2) is 0 Å². The lowest BCUT2D eigenvalue weighted by Crippen LogP contribution is -2.50. The SMILES string of the molecule is O=C(C1CCCO1)N1CCC2(CC1)OCCc1cc(-c3ccc[nH]c3=O)sc12. The van der Waals surface area contributed by atoms with Crippen molar-refractivity contribution < 1.29 is 14.3 Å². The van der Waals surface area contributed by atoms with Crippen molar-refractivity contribution in [3.8, 4) is 10.4 Å². The van der Waals surface area contributed by atoms with E-state index < -0.39 is 0 Å². The van der Waals surface area contributed by atoms with Gasteiger partial charge in [-0.1, -0.05) is 0 Å². The number of rotatable bonds is 2. The molecule has 3 aliphatic rings. The first-order chi connectivity index (χ1) is 13.7. The molecule has 3 aliphatic heterocycles. The standard InChI is InChI=1S/C21H24N2O4S/c24-19-15(3-1-8-22-19)17-13-14-5-12-27-21(18(14)28-17)6-9-23(10-7-21)20(25)16-4-2-11-26-16/h1,3,8,13,16H,2,4-7,9-12H2,(H,22,24). The fourth-order valence-corrected chi connectivity index (χ4v) is 6.04. The van der Waals surface area contributed by atoms with Gasteiger partial charge in [0, 0.05) is 35.6 Å². The summed E-state index contributed by atoms with van der Waals surface area (Å²) in [6.45, 7) is 2.76. The van der Waals surface area contributed by atoms with Gasteiger partial charge in [-0.15, -0.1) is 11.3 Å². The number of hydrogen-bond acceptors (Lipinski definition) is 5. The number of carbonyl (C=O) groups is 1. The Balaban J connectivity index is 1.39. The Morgan fingerprint density at radius 2 is 2.14 bits per heavy atom. The first-order valence-corrected chi connectivity index (χ1v) is 10.8. The van der Waals surface area contributed by atoms with E-state index in [0.29, 0.717) is 31.9 Å². The van der Waals surface area contributed by atoms with E-state index in [1.54, 1.807) is 17.5 Å². The lowest BCUT2D eigenvalue weighted by atomic mass is 9.85. The highest BCUT2D eigenvalue weighted by molar-refractivity contribution is 7.15. The van der Waals surface area contributed by atoms with Crippen molar-refractivity contribution >= 4 is 17.2 Å². The van der Waals surface area contributed by atoms with E-state index in [-0.39, 0.29) is 23.2 Å². The number of fused-ring (bicyclic) bond motifs is 2. The molecule has 7 heteroatoms. The molecule has 0 aromatic carbocycles. The summed E-state index contributed by atoms with van der Waals surface area (Å²) in [5.74, 6) is 0.131. The number of pyridine rings is 1. The molecule has 2 fully saturated rings. The zero-order valence-corrected chi connectivity index (χ0v) is 16.6. The fourth-order valence-electron chi connectivity index (χ4n) is 4.61. The number of hydrogen-bond donors (Lipinski definition) is 1. The summed E-state index contributed by atoms with van der Waals surface area (Å²) in [6.07, 6.45) is 5.67. The van der Waals surface area contributed by atoms with Gasteiger partial charge in [0.05, 0.1) is 12.2 Å². The highest BCUT2D eigenvalue weighted by Gasteiger charge is 2.44. The molecule has 28 heavy (non-hydrogen) atoms. The number of H-pyrrole nitrogens is 1. The number of carbonyl (C=O) groups excluding carboxylic acids is 1. The topological polar surface area (TPSA) is 71.6 Å². The van der Waals surface area contributed by atoms with Gasteiger partial charge < -0.3 is 19.4 Å². The molecule has 0 aliphatic carbocycles. The molecule has 1 amide bonds. The Kier molecular flexibility index (Phi) is 4.61. The zero-order valence-electron chi connectivity index (χ0n) is 15.7. The maximum Gasteiger partial charge on any atom is 0.256 e. The summed E-state index contributed by atoms with van der Waals surface area (Å²) in [5, 5.41) is 0. The summed E-state index contributed by atoms with van der Waals surface area (Å²) >= 11 is 1.67. The number of piperidine rings is 1. The summed E-state index contributed by atoms with van der Waals surface area (Å²) < 4.78 is 11.9. The molecule has 2 aromatic rings. The van der Waals surface area contributed by atoms with E-state index in [4.69, 9.17) is 9.47 Å². The largest absolute Gasteiger partial charge is 0.369 e. The van der Waals surface area contributed by atoms with Crippen LogP contribution in [0.2, 0.25) is 0 Å². The van der Waals surface area contributed by atoms with E-state index >= 15 is 0 Å². The van der Waals surface area contributed by atoms with Crippen LogP contribution >= 0.6 is 11.3 Å². The highest BCUT2D eigenvalue weighted by Crippen LogP contribution is 2.47. The van der Waals surface area contributed by atoms with Crippen molar-refractivity contribution in [2.24, 2.45) is 0 Å². The number of aromatic nitrogens is 1. The van der Waals surface area contributed by atoms with Crippen molar-refractivity contribution in [3.05, 3.63) is 45.2 Å². The average molecular weight is 401 g/mol. The van der Waals surface area contributed by atoms with Crippen LogP contribution < -0.4 is 5.56 Å². The minimum atomic E-state index is -0.328. The fraction of sp³-hybridized carbons (Fsp3) is 0.524. The number of aromatic amines is 1. The van der Waals surface area contributed by atoms with Crippen LogP contribution in [0.5, 0.6) is 0 Å². The Bertz CT molecular complexity index is 936. The number of thiophene rings is 1. The minimum Gasteiger partial charge on any atom is -0.369 e. The molecule has 1 spiro atoms. The van der Waals surface area contributed by atoms with Crippen LogP contribution in [0.3, 0.4) is 0 Å². The predicted molar refractivity (Wildman–Crippen MR) is 106 cm³/mol. The maximum absolute atomic E-state index is 12.7. The molecular weight excluding hydrogens is 376 g/mol. The van der Waals surface area contributed by atoms with Gasteiger partial charge in [-0.05, 0) is 55.9 Å². The van der Waals surface area contributed by atoms with Crippen molar-refractivity contribution in [3.63, 3.8) is 0 Å². The Hall–Kier alpha value is -1.96. The summed E-state index contributed by atoms with van der Waals surface area (Å²) in [6, 6.07) is 5.88. The second-order valence-corrected chi connectivity index (χ2v) is 8.85. The van der Waals surface area contributed by atoms with Gasteiger partial charge in [0.1, 0.15) is 11.7 Å².